The lowest BCUT2D eigenvalue weighted by atomic mass is 10.1. The molecule has 0 spiro atoms. The molecular formula is C37H33N7O10S2. The third-order valence-electron chi connectivity index (χ3n) is 8.78. The van der Waals surface area contributed by atoms with Crippen LogP contribution in [-0.4, -0.2) is 60.0 Å². The van der Waals surface area contributed by atoms with E-state index in [9.17, 15) is 26.4 Å². The van der Waals surface area contributed by atoms with Crippen molar-refractivity contribution in [3.05, 3.63) is 130 Å². The molecule has 0 amide bonds. The fourth-order valence-corrected chi connectivity index (χ4v) is 6.98. The Hall–Kier alpha value is -6.28. The van der Waals surface area contributed by atoms with Crippen LogP contribution in [0.15, 0.2) is 113 Å². The maximum atomic E-state index is 13.7. The van der Waals surface area contributed by atoms with Gasteiger partial charge in [-0.1, -0.05) is 42.3 Å². The molecule has 0 aliphatic carbocycles. The molecule has 0 aliphatic rings. The van der Waals surface area contributed by atoms with Crippen LogP contribution in [0, 0.1) is 0 Å². The van der Waals surface area contributed by atoms with Gasteiger partial charge in [-0.3, -0.25) is 32.5 Å². The summed E-state index contributed by atoms with van der Waals surface area (Å²) in [7, 11) is -9.40. The summed E-state index contributed by atoms with van der Waals surface area (Å²) in [4.78, 5) is 36.7. The van der Waals surface area contributed by atoms with Crippen LogP contribution in [0.4, 0.5) is 0 Å². The van der Waals surface area contributed by atoms with E-state index in [2.05, 4.69) is 18.7 Å². The minimum absolute atomic E-state index is 0.0580. The molecular weight excluding hydrogens is 767 g/mol. The Labute approximate surface area is 319 Å². The van der Waals surface area contributed by atoms with E-state index in [1.165, 1.54) is 41.0 Å². The van der Waals surface area contributed by atoms with E-state index in [1.54, 1.807) is 76.1 Å². The maximum absolute atomic E-state index is 13.7. The van der Waals surface area contributed by atoms with Gasteiger partial charge in [0.15, 0.2) is 0 Å². The number of benzene rings is 4. The van der Waals surface area contributed by atoms with Crippen molar-refractivity contribution in [2.45, 2.75) is 45.3 Å². The minimum atomic E-state index is -4.71. The van der Waals surface area contributed by atoms with Crippen molar-refractivity contribution in [2.24, 2.45) is 0 Å². The van der Waals surface area contributed by atoms with Crippen LogP contribution < -0.4 is 19.5 Å². The zero-order valence-electron chi connectivity index (χ0n) is 29.4. The van der Waals surface area contributed by atoms with Crippen LogP contribution >= 0.6 is 0 Å². The fraction of sp³-hybridized carbons (Fsp3) is 0.189. The Morgan fingerprint density at radius 2 is 1.04 bits per heavy atom. The molecule has 0 radical (unpaired) electrons. The molecule has 17 nitrogen and oxygen atoms in total. The predicted molar refractivity (Wildman–Crippen MR) is 205 cm³/mol. The number of rotatable bonds is 15. The molecule has 288 valence electrons. The van der Waals surface area contributed by atoms with Crippen LogP contribution in [0.25, 0.3) is 44.6 Å². The first kappa shape index (κ1) is 38.0. The molecule has 4 aromatic carbocycles. The number of unbranched alkanes of at least 4 members (excludes halogenated alkanes) is 3. The van der Waals surface area contributed by atoms with E-state index in [4.69, 9.17) is 19.1 Å². The summed E-state index contributed by atoms with van der Waals surface area (Å²) in [6.45, 7) is 0.999. The summed E-state index contributed by atoms with van der Waals surface area (Å²) in [6, 6.07) is 25.6. The molecule has 0 fully saturated rings. The van der Waals surface area contributed by atoms with Gasteiger partial charge in [0.1, 0.15) is 28.8 Å². The quantitative estimate of drug-likeness (QED) is 0.106. The van der Waals surface area contributed by atoms with Gasteiger partial charge in [0.2, 0.25) is 0 Å². The Morgan fingerprint density at radius 3 is 1.55 bits per heavy atom. The second-order valence-electron chi connectivity index (χ2n) is 12.7. The summed E-state index contributed by atoms with van der Waals surface area (Å²) >= 11 is 0. The number of aryl methyl sites for hydroxylation is 1. The SMILES string of the molecule is O=c1c2ccccc2nc(-c2ccc(OS(=O)(=O)O)cc2)n1CCCCCCn1cc(Cn2c(-c3ccc(OS(=O)(=O)O)cc3)nc3ccccc3c2=O)nn1. The fourth-order valence-electron chi connectivity index (χ4n) is 6.27. The molecule has 7 rings (SSSR count). The van der Waals surface area contributed by atoms with Gasteiger partial charge in [-0.15, -0.1) is 5.10 Å². The summed E-state index contributed by atoms with van der Waals surface area (Å²) in [5.41, 5.74) is 2.08. The van der Waals surface area contributed by atoms with E-state index < -0.39 is 20.8 Å². The molecule has 0 saturated heterocycles. The average Bonchev–Trinajstić information content (AvgIpc) is 3.61. The number of hydrogen-bond acceptors (Lipinski definition) is 12. The smallest absolute Gasteiger partial charge is 0.362 e. The topological polar surface area (TPSA) is 228 Å². The van der Waals surface area contributed by atoms with Gasteiger partial charge >= 0.3 is 20.8 Å². The van der Waals surface area contributed by atoms with Gasteiger partial charge < -0.3 is 8.37 Å². The minimum Gasteiger partial charge on any atom is -0.362 e. The zero-order valence-corrected chi connectivity index (χ0v) is 31.0. The Balaban J connectivity index is 1.01. The summed E-state index contributed by atoms with van der Waals surface area (Å²) in [5.74, 6) is 0.524. The number of aromatic nitrogens is 7. The van der Waals surface area contributed by atoms with Crippen LogP contribution in [0.2, 0.25) is 0 Å². The molecule has 56 heavy (non-hydrogen) atoms. The molecule has 3 heterocycles. The van der Waals surface area contributed by atoms with E-state index in [0.29, 0.717) is 69.8 Å². The van der Waals surface area contributed by atoms with E-state index in [1.807, 2.05) is 0 Å². The van der Waals surface area contributed by atoms with E-state index >= 15 is 0 Å². The average molecular weight is 800 g/mol. The first-order valence-electron chi connectivity index (χ1n) is 17.2. The third-order valence-corrected chi connectivity index (χ3v) is 9.58. The molecule has 0 aliphatic heterocycles. The molecule has 2 N–H and O–H groups in total. The summed E-state index contributed by atoms with van der Waals surface area (Å²) in [5, 5.41) is 9.42. The van der Waals surface area contributed by atoms with Crippen molar-refractivity contribution in [1.82, 2.24) is 34.1 Å². The lowest BCUT2D eigenvalue weighted by Gasteiger charge is -2.14. The van der Waals surface area contributed by atoms with Gasteiger partial charge in [0.05, 0.1) is 34.5 Å². The lowest BCUT2D eigenvalue weighted by Crippen LogP contribution is -2.24. The second kappa shape index (κ2) is 15.8. The second-order valence-corrected chi connectivity index (χ2v) is 14.8. The van der Waals surface area contributed by atoms with E-state index in [0.717, 1.165) is 19.3 Å². The molecule has 3 aromatic heterocycles. The molecule has 0 saturated carbocycles. The van der Waals surface area contributed by atoms with Gasteiger partial charge in [-0.2, -0.15) is 16.8 Å². The Morgan fingerprint density at radius 1 is 0.571 bits per heavy atom. The zero-order chi connectivity index (χ0) is 39.5. The number of hydrogen-bond donors (Lipinski definition) is 2. The normalized spacial score (nSPS) is 12.0. The Bertz CT molecular complexity index is 2890. The number of para-hydroxylation sites is 2. The number of fused-ring (bicyclic) bond motifs is 2. The lowest BCUT2D eigenvalue weighted by molar-refractivity contribution is 0.384. The van der Waals surface area contributed by atoms with Crippen molar-refractivity contribution in [1.29, 1.82) is 0 Å². The highest BCUT2D eigenvalue weighted by molar-refractivity contribution is 7.81. The highest BCUT2D eigenvalue weighted by Gasteiger charge is 2.17. The molecule has 0 unspecified atom stereocenters. The standard InChI is InChI=1S/C37H33N7O10S2/c45-36-30-9-3-5-11-32(30)38-34(25-13-17-28(18-14-25)53-55(47,48)49)43(36)22-8-2-1-7-21-42-23-27(40-41-42)24-44-35(39-33-12-6-4-10-31(33)37(44)46)26-15-19-29(20-16-26)54-56(50,51)52/h3-6,9-20,23H,1-2,7-8,21-22,24H2,(H,47,48,49)(H,50,51,52). The largest absolute Gasteiger partial charge is 0.446 e. The monoisotopic (exact) mass is 799 g/mol. The highest BCUT2D eigenvalue weighted by atomic mass is 32.3. The van der Waals surface area contributed by atoms with Gasteiger partial charge in [0.25, 0.3) is 11.1 Å². The van der Waals surface area contributed by atoms with Crippen molar-refractivity contribution >= 4 is 42.6 Å². The van der Waals surface area contributed by atoms with Gasteiger partial charge in [0, 0.05) is 24.2 Å². The van der Waals surface area contributed by atoms with Gasteiger partial charge in [-0.25, -0.2) is 9.97 Å². The first-order valence-corrected chi connectivity index (χ1v) is 20.0. The van der Waals surface area contributed by atoms with Crippen LogP contribution in [-0.2, 0) is 40.4 Å². The summed E-state index contributed by atoms with van der Waals surface area (Å²) in [6.07, 6.45) is 4.79. The van der Waals surface area contributed by atoms with Crippen LogP contribution in [0.3, 0.4) is 0 Å². The van der Waals surface area contributed by atoms with Crippen LogP contribution in [0.1, 0.15) is 31.4 Å². The highest BCUT2D eigenvalue weighted by Crippen LogP contribution is 2.25. The van der Waals surface area contributed by atoms with Gasteiger partial charge in [-0.05, 0) is 85.6 Å². The van der Waals surface area contributed by atoms with Crippen molar-refractivity contribution in [3.8, 4) is 34.3 Å². The molecule has 19 heteroatoms. The van der Waals surface area contributed by atoms with Crippen molar-refractivity contribution < 1.29 is 34.3 Å². The predicted octanol–water partition coefficient (Wildman–Crippen LogP) is 4.70. The third kappa shape index (κ3) is 8.98. The molecule has 0 atom stereocenters. The Kier molecular flexibility index (Phi) is 10.7. The first-order chi connectivity index (χ1) is 26.8. The molecule has 0 bridgehead atoms. The number of nitrogens with zero attached hydrogens (tertiary/aromatic N) is 7. The van der Waals surface area contributed by atoms with E-state index in [-0.39, 0.29) is 29.2 Å². The molecule has 7 aromatic rings. The summed E-state index contributed by atoms with van der Waals surface area (Å²) < 4.78 is 76.3. The van der Waals surface area contributed by atoms with Crippen LogP contribution in [0.5, 0.6) is 11.5 Å². The maximum Gasteiger partial charge on any atom is 0.446 e. The van der Waals surface area contributed by atoms with Crippen molar-refractivity contribution in [3.63, 3.8) is 0 Å². The van der Waals surface area contributed by atoms with Crippen molar-refractivity contribution in [2.75, 3.05) is 0 Å².